The number of halogens is 1. The zero-order chi connectivity index (χ0) is 15.1. The number of amides is 1. The molecular weight excluding hydrogens is 300 g/mol. The quantitative estimate of drug-likeness (QED) is 0.842. The smallest absolute Gasteiger partial charge is 0.253 e. The molecule has 1 aromatic rings. The van der Waals surface area contributed by atoms with Crippen LogP contribution in [-0.4, -0.2) is 49.2 Å². The van der Waals surface area contributed by atoms with Gasteiger partial charge in [0.25, 0.3) is 5.91 Å². The number of piperidine rings is 1. The first-order valence-corrected chi connectivity index (χ1v) is 7.86. The van der Waals surface area contributed by atoms with Gasteiger partial charge in [0.1, 0.15) is 0 Å². The molecule has 0 atom stereocenters. The van der Waals surface area contributed by atoms with Crippen molar-refractivity contribution in [2.75, 3.05) is 33.3 Å². The third-order valence-electron chi connectivity index (χ3n) is 4.16. The van der Waals surface area contributed by atoms with Crippen molar-refractivity contribution in [1.29, 1.82) is 0 Å². The molecular formula is C17H27ClN2O2. The zero-order valence-electron chi connectivity index (χ0n) is 13.3. The third kappa shape index (κ3) is 5.59. The maximum Gasteiger partial charge on any atom is 0.253 e. The number of carbonyl (C=O) groups excluding carboxylic acids is 1. The minimum atomic E-state index is 0. The number of nitrogens with zero attached hydrogens (tertiary/aromatic N) is 1. The van der Waals surface area contributed by atoms with E-state index in [2.05, 4.69) is 11.4 Å². The van der Waals surface area contributed by atoms with Crippen LogP contribution in [0.4, 0.5) is 0 Å². The molecule has 22 heavy (non-hydrogen) atoms. The van der Waals surface area contributed by atoms with Gasteiger partial charge < -0.3 is 15.3 Å². The number of rotatable bonds is 6. The molecule has 0 aliphatic carbocycles. The molecule has 0 radical (unpaired) electrons. The number of benzene rings is 1. The maximum absolute atomic E-state index is 12.3. The van der Waals surface area contributed by atoms with Crippen molar-refractivity contribution in [1.82, 2.24) is 10.2 Å². The highest BCUT2D eigenvalue weighted by atomic mass is 35.5. The largest absolute Gasteiger partial charge is 0.396 e. The Labute approximate surface area is 139 Å². The minimum Gasteiger partial charge on any atom is -0.396 e. The Morgan fingerprint density at radius 1 is 1.36 bits per heavy atom. The van der Waals surface area contributed by atoms with Crippen molar-refractivity contribution >= 4 is 18.3 Å². The van der Waals surface area contributed by atoms with Gasteiger partial charge >= 0.3 is 0 Å². The molecule has 2 rings (SSSR count). The Bertz CT molecular complexity index is 462. The fourth-order valence-electron chi connectivity index (χ4n) is 2.88. The van der Waals surface area contributed by atoms with Crippen molar-refractivity contribution in [2.24, 2.45) is 5.92 Å². The Morgan fingerprint density at radius 3 is 2.77 bits per heavy atom. The normalized spacial score (nSPS) is 15.2. The summed E-state index contributed by atoms with van der Waals surface area (Å²) in [7, 11) is 1.79. The summed E-state index contributed by atoms with van der Waals surface area (Å²) >= 11 is 0. The van der Waals surface area contributed by atoms with E-state index in [4.69, 9.17) is 5.11 Å². The Hall–Kier alpha value is -1.10. The molecule has 4 nitrogen and oxygen atoms in total. The van der Waals surface area contributed by atoms with E-state index >= 15 is 0 Å². The first-order chi connectivity index (χ1) is 10.2. The van der Waals surface area contributed by atoms with Crippen molar-refractivity contribution < 1.29 is 9.90 Å². The molecule has 1 saturated heterocycles. The summed E-state index contributed by atoms with van der Waals surface area (Å²) in [6.07, 6.45) is 4.11. The van der Waals surface area contributed by atoms with Gasteiger partial charge in [0.05, 0.1) is 0 Å². The number of aliphatic hydroxyl groups is 1. The highest BCUT2D eigenvalue weighted by Crippen LogP contribution is 2.19. The number of nitrogens with one attached hydrogen (secondary N) is 1. The van der Waals surface area contributed by atoms with Gasteiger partial charge in [-0.2, -0.15) is 0 Å². The molecule has 1 aromatic carbocycles. The van der Waals surface area contributed by atoms with Crippen LogP contribution in [0.3, 0.4) is 0 Å². The molecule has 1 aliphatic heterocycles. The Kier molecular flexibility index (Phi) is 8.46. The molecule has 1 aliphatic rings. The molecule has 1 amide bonds. The summed E-state index contributed by atoms with van der Waals surface area (Å²) in [4.78, 5) is 14.0. The van der Waals surface area contributed by atoms with E-state index in [1.807, 2.05) is 18.2 Å². The van der Waals surface area contributed by atoms with E-state index in [1.165, 1.54) is 18.4 Å². The monoisotopic (exact) mass is 326 g/mol. The van der Waals surface area contributed by atoms with Crippen LogP contribution in [0.25, 0.3) is 0 Å². The van der Waals surface area contributed by atoms with Crippen LogP contribution in [0.5, 0.6) is 0 Å². The van der Waals surface area contributed by atoms with Gasteiger partial charge in [0.15, 0.2) is 0 Å². The number of hydrogen-bond acceptors (Lipinski definition) is 3. The summed E-state index contributed by atoms with van der Waals surface area (Å²) in [6, 6.07) is 8.00. The molecule has 5 heteroatoms. The number of hydrogen-bond donors (Lipinski definition) is 2. The Morgan fingerprint density at radius 2 is 2.09 bits per heavy atom. The first kappa shape index (κ1) is 18.9. The van der Waals surface area contributed by atoms with Crippen molar-refractivity contribution in [2.45, 2.75) is 25.7 Å². The van der Waals surface area contributed by atoms with E-state index in [1.54, 1.807) is 11.9 Å². The van der Waals surface area contributed by atoms with Crippen LogP contribution < -0.4 is 5.32 Å². The summed E-state index contributed by atoms with van der Waals surface area (Å²) in [5.41, 5.74) is 2.00. The van der Waals surface area contributed by atoms with Crippen molar-refractivity contribution in [3.63, 3.8) is 0 Å². The summed E-state index contributed by atoms with van der Waals surface area (Å²) in [5.74, 6) is 0.763. The minimum absolute atomic E-state index is 0. The topological polar surface area (TPSA) is 52.6 Å². The van der Waals surface area contributed by atoms with Crippen LogP contribution in [0.1, 0.15) is 35.2 Å². The van der Waals surface area contributed by atoms with Gasteiger partial charge in [-0.1, -0.05) is 12.1 Å². The van der Waals surface area contributed by atoms with E-state index in [9.17, 15) is 4.79 Å². The maximum atomic E-state index is 12.3. The van der Waals surface area contributed by atoms with E-state index in [0.29, 0.717) is 13.0 Å². The highest BCUT2D eigenvalue weighted by Gasteiger charge is 2.15. The van der Waals surface area contributed by atoms with Crippen molar-refractivity contribution in [3.05, 3.63) is 35.4 Å². The molecule has 1 fully saturated rings. The molecule has 0 saturated carbocycles. The predicted octanol–water partition coefficient (Wildman–Crippen LogP) is 2.10. The fourth-order valence-corrected chi connectivity index (χ4v) is 2.88. The molecule has 1 heterocycles. The standard InChI is InChI=1S/C17H26N2O2.ClH/c1-19(10-3-11-20)17(21)16-5-2-4-15(13-16)12-14-6-8-18-9-7-14;/h2,4-5,13-14,18,20H,3,6-12H2,1H3;1H. The van der Waals surface area contributed by atoms with E-state index in [-0.39, 0.29) is 24.9 Å². The van der Waals surface area contributed by atoms with Gasteiger partial charge in [-0.15, -0.1) is 12.4 Å². The van der Waals surface area contributed by atoms with E-state index < -0.39 is 0 Å². The molecule has 0 aromatic heterocycles. The van der Waals surface area contributed by atoms with Gasteiger partial charge in [0, 0.05) is 25.8 Å². The number of carbonyl (C=O) groups is 1. The predicted molar refractivity (Wildman–Crippen MR) is 91.7 cm³/mol. The lowest BCUT2D eigenvalue weighted by Gasteiger charge is -2.23. The molecule has 0 bridgehead atoms. The average Bonchev–Trinajstić information content (AvgIpc) is 2.53. The van der Waals surface area contributed by atoms with Gasteiger partial charge in [-0.25, -0.2) is 0 Å². The van der Waals surface area contributed by atoms with E-state index in [0.717, 1.165) is 31.0 Å². The summed E-state index contributed by atoms with van der Waals surface area (Å²) in [6.45, 7) is 2.92. The molecule has 0 unspecified atom stereocenters. The average molecular weight is 327 g/mol. The Balaban J connectivity index is 0.00000242. The SMILES string of the molecule is CN(CCCO)C(=O)c1cccc(CC2CCNCC2)c1.Cl. The second-order valence-corrected chi connectivity index (χ2v) is 5.90. The van der Waals surface area contributed by atoms with Gasteiger partial charge in [-0.3, -0.25) is 4.79 Å². The number of aliphatic hydroxyl groups excluding tert-OH is 1. The van der Waals surface area contributed by atoms with Crippen LogP contribution in [-0.2, 0) is 6.42 Å². The zero-order valence-corrected chi connectivity index (χ0v) is 14.1. The summed E-state index contributed by atoms with van der Waals surface area (Å²) in [5, 5.41) is 12.2. The molecule has 0 spiro atoms. The first-order valence-electron chi connectivity index (χ1n) is 7.86. The second-order valence-electron chi connectivity index (χ2n) is 5.90. The lowest BCUT2D eigenvalue weighted by Crippen LogP contribution is -2.29. The van der Waals surface area contributed by atoms with Crippen molar-refractivity contribution in [3.8, 4) is 0 Å². The highest BCUT2D eigenvalue weighted by molar-refractivity contribution is 5.94. The molecule has 2 N–H and O–H groups in total. The van der Waals surface area contributed by atoms with Crippen LogP contribution in [0.15, 0.2) is 24.3 Å². The van der Waals surface area contributed by atoms with Gasteiger partial charge in [0.2, 0.25) is 0 Å². The van der Waals surface area contributed by atoms with Gasteiger partial charge in [-0.05, 0) is 62.4 Å². The third-order valence-corrected chi connectivity index (χ3v) is 4.16. The van der Waals surface area contributed by atoms with Crippen LogP contribution in [0.2, 0.25) is 0 Å². The lowest BCUT2D eigenvalue weighted by molar-refractivity contribution is 0.0786. The lowest BCUT2D eigenvalue weighted by atomic mass is 9.90. The van der Waals surface area contributed by atoms with Crippen LogP contribution in [0, 0.1) is 5.92 Å². The summed E-state index contributed by atoms with van der Waals surface area (Å²) < 4.78 is 0. The fraction of sp³-hybridized carbons (Fsp3) is 0.588. The molecule has 124 valence electrons. The second kappa shape index (κ2) is 9.82. The van der Waals surface area contributed by atoms with Crippen LogP contribution >= 0.6 is 12.4 Å².